The minimum absolute atomic E-state index is 0.0766. The number of ether oxygens (including phenoxy) is 2. The van der Waals surface area contributed by atoms with Crippen molar-refractivity contribution in [1.29, 1.82) is 0 Å². The van der Waals surface area contributed by atoms with Gasteiger partial charge in [0.1, 0.15) is 12.6 Å². The van der Waals surface area contributed by atoms with Crippen molar-refractivity contribution >= 4 is 28.6 Å². The quantitative estimate of drug-likeness (QED) is 0.288. The van der Waals surface area contributed by atoms with Crippen molar-refractivity contribution in [3.8, 4) is 0 Å². The third-order valence-corrected chi connectivity index (χ3v) is 5.00. The van der Waals surface area contributed by atoms with E-state index in [0.717, 1.165) is 5.52 Å². The Kier molecular flexibility index (Phi) is 5.20. The molecular weight excluding hydrogens is 388 g/mol. The van der Waals surface area contributed by atoms with Crippen LogP contribution in [0.5, 0.6) is 0 Å². The molecule has 0 amide bonds. The fraction of sp³-hybridized carbons (Fsp3) is 0.238. The van der Waals surface area contributed by atoms with Crippen molar-refractivity contribution < 1.29 is 19.2 Å². The number of aromatic nitrogens is 2. The van der Waals surface area contributed by atoms with Crippen LogP contribution in [0, 0.1) is 10.1 Å². The first-order valence-corrected chi connectivity index (χ1v) is 9.37. The van der Waals surface area contributed by atoms with Gasteiger partial charge in [-0.1, -0.05) is 24.3 Å². The van der Waals surface area contributed by atoms with Gasteiger partial charge < -0.3 is 14.8 Å². The van der Waals surface area contributed by atoms with Gasteiger partial charge in [-0.15, -0.1) is 0 Å². The lowest BCUT2D eigenvalue weighted by Gasteiger charge is -2.30. The summed E-state index contributed by atoms with van der Waals surface area (Å²) in [5, 5.41) is 14.9. The van der Waals surface area contributed by atoms with Crippen molar-refractivity contribution in [3.05, 3.63) is 75.5 Å². The van der Waals surface area contributed by atoms with E-state index in [1.807, 2.05) is 24.3 Å². The summed E-state index contributed by atoms with van der Waals surface area (Å²) >= 11 is 0. The third kappa shape index (κ3) is 3.29. The smallest absolute Gasteiger partial charge is 0.338 e. The van der Waals surface area contributed by atoms with E-state index in [2.05, 4.69) is 10.3 Å². The Morgan fingerprint density at radius 3 is 2.70 bits per heavy atom. The lowest BCUT2D eigenvalue weighted by Crippen LogP contribution is -2.29. The molecule has 2 heterocycles. The average Bonchev–Trinajstić information content (AvgIpc) is 3.10. The van der Waals surface area contributed by atoms with E-state index in [0.29, 0.717) is 22.7 Å². The Morgan fingerprint density at radius 2 is 1.93 bits per heavy atom. The van der Waals surface area contributed by atoms with Gasteiger partial charge in [-0.25, -0.2) is 9.78 Å². The van der Waals surface area contributed by atoms with E-state index in [-0.39, 0.29) is 24.5 Å². The summed E-state index contributed by atoms with van der Waals surface area (Å²) in [5.41, 5.74) is 2.58. The number of nitro benzene ring substituents is 1. The zero-order chi connectivity index (χ0) is 21.3. The predicted octanol–water partition coefficient (Wildman–Crippen LogP) is 3.42. The molecule has 1 N–H and O–H groups in total. The van der Waals surface area contributed by atoms with Gasteiger partial charge in [-0.3, -0.25) is 14.7 Å². The van der Waals surface area contributed by atoms with E-state index < -0.39 is 16.9 Å². The second kappa shape index (κ2) is 7.96. The van der Waals surface area contributed by atoms with Gasteiger partial charge in [0.15, 0.2) is 0 Å². The molecule has 2 aromatic carbocycles. The van der Waals surface area contributed by atoms with Crippen LogP contribution in [0.3, 0.4) is 0 Å². The molecule has 9 nitrogen and oxygen atoms in total. The number of nitrogens with one attached hydrogen (secondary N) is 1. The number of allylic oxidation sites excluding steroid dienone is 1. The largest absolute Gasteiger partial charge is 0.460 e. The van der Waals surface area contributed by atoms with E-state index in [1.54, 1.807) is 29.7 Å². The molecule has 4 rings (SSSR count). The number of hydrogen-bond acceptors (Lipinski definition) is 7. The number of nitrogens with zero attached hydrogens (tertiary/aromatic N) is 3. The maximum Gasteiger partial charge on any atom is 0.338 e. The molecule has 0 unspecified atom stereocenters. The molecule has 0 bridgehead atoms. The highest BCUT2D eigenvalue weighted by molar-refractivity contribution is 5.94. The van der Waals surface area contributed by atoms with Gasteiger partial charge >= 0.3 is 5.97 Å². The highest BCUT2D eigenvalue weighted by Gasteiger charge is 2.38. The minimum atomic E-state index is -0.773. The summed E-state index contributed by atoms with van der Waals surface area (Å²) in [6, 6.07) is 13.1. The molecule has 0 radical (unpaired) electrons. The molecule has 0 saturated carbocycles. The van der Waals surface area contributed by atoms with E-state index >= 15 is 0 Å². The number of hydrogen-bond donors (Lipinski definition) is 1. The fourth-order valence-corrected chi connectivity index (χ4v) is 3.70. The van der Waals surface area contributed by atoms with Gasteiger partial charge in [0.25, 0.3) is 5.69 Å². The molecule has 1 atom stereocenters. The molecule has 1 aliphatic rings. The van der Waals surface area contributed by atoms with Gasteiger partial charge in [-0.2, -0.15) is 0 Å². The lowest BCUT2D eigenvalue weighted by molar-refractivity contribution is -0.385. The van der Waals surface area contributed by atoms with E-state index in [9.17, 15) is 14.9 Å². The minimum Gasteiger partial charge on any atom is -0.460 e. The Hall–Kier alpha value is -3.72. The number of anilines is 1. The van der Waals surface area contributed by atoms with Crippen LogP contribution in [0.1, 0.15) is 18.5 Å². The normalized spacial score (nSPS) is 15.6. The molecular formula is C21H20N4O5. The van der Waals surface area contributed by atoms with Gasteiger partial charge in [0.05, 0.1) is 33.7 Å². The predicted molar refractivity (Wildman–Crippen MR) is 110 cm³/mol. The zero-order valence-corrected chi connectivity index (χ0v) is 16.5. The SMILES string of the molecule is COCCOC(=O)C1=C(C)Nc2nc3ccccc3n2[C@@H]1c1ccccc1[N+](=O)[O-]. The number of nitro groups is 1. The van der Waals surface area contributed by atoms with Crippen LogP contribution in [0.2, 0.25) is 0 Å². The maximum absolute atomic E-state index is 13.0. The first kappa shape index (κ1) is 19.6. The summed E-state index contributed by atoms with van der Waals surface area (Å²) in [7, 11) is 1.51. The Balaban J connectivity index is 1.94. The van der Waals surface area contributed by atoms with Crippen LogP contribution < -0.4 is 5.32 Å². The van der Waals surface area contributed by atoms with Gasteiger partial charge in [0, 0.05) is 18.9 Å². The number of para-hydroxylation sites is 3. The molecule has 9 heteroatoms. The molecule has 0 fully saturated rings. The molecule has 1 aliphatic heterocycles. The number of benzene rings is 2. The van der Waals surface area contributed by atoms with E-state index in [4.69, 9.17) is 9.47 Å². The first-order valence-electron chi connectivity index (χ1n) is 9.37. The molecule has 0 saturated heterocycles. The van der Waals surface area contributed by atoms with Crippen LogP contribution in [0.4, 0.5) is 11.6 Å². The summed E-state index contributed by atoms with van der Waals surface area (Å²) in [6.07, 6.45) is 0. The highest BCUT2D eigenvalue weighted by Crippen LogP contribution is 2.42. The van der Waals surface area contributed by atoms with Crippen molar-refractivity contribution in [3.63, 3.8) is 0 Å². The topological polar surface area (TPSA) is 109 Å². The van der Waals surface area contributed by atoms with Crippen LogP contribution in [-0.4, -0.2) is 40.8 Å². The van der Waals surface area contributed by atoms with Crippen molar-refractivity contribution in [2.24, 2.45) is 0 Å². The van der Waals surface area contributed by atoms with Gasteiger partial charge in [0.2, 0.25) is 5.95 Å². The third-order valence-electron chi connectivity index (χ3n) is 5.00. The molecule has 1 aromatic heterocycles. The average molecular weight is 408 g/mol. The van der Waals surface area contributed by atoms with Crippen LogP contribution in [0.15, 0.2) is 59.8 Å². The van der Waals surface area contributed by atoms with Crippen LogP contribution in [0.25, 0.3) is 11.0 Å². The molecule has 0 aliphatic carbocycles. The maximum atomic E-state index is 13.0. The Morgan fingerprint density at radius 1 is 1.20 bits per heavy atom. The van der Waals surface area contributed by atoms with Crippen molar-refractivity contribution in [2.45, 2.75) is 13.0 Å². The second-order valence-corrected chi connectivity index (χ2v) is 6.80. The standard InChI is InChI=1S/C21H20N4O5/c1-13-18(20(26)30-12-11-29-2)19(14-7-3-5-9-16(14)25(27)28)24-17-10-6-4-8-15(17)23-21(24)22-13/h3-10,19H,11-12H2,1-2H3,(H,22,23)/t19-/m1/s1. The Bertz CT molecular complexity index is 1170. The second-order valence-electron chi connectivity index (χ2n) is 6.80. The van der Waals surface area contributed by atoms with Crippen LogP contribution >= 0.6 is 0 Å². The van der Waals surface area contributed by atoms with E-state index in [1.165, 1.54) is 13.2 Å². The number of imidazole rings is 1. The lowest BCUT2D eigenvalue weighted by atomic mass is 9.93. The summed E-state index contributed by atoms with van der Waals surface area (Å²) in [4.78, 5) is 29.0. The molecule has 0 spiro atoms. The summed E-state index contributed by atoms with van der Waals surface area (Å²) in [6.45, 7) is 2.06. The first-order chi connectivity index (χ1) is 14.5. The highest BCUT2D eigenvalue weighted by atomic mass is 16.6. The van der Waals surface area contributed by atoms with Crippen molar-refractivity contribution in [1.82, 2.24) is 9.55 Å². The monoisotopic (exact) mass is 408 g/mol. The van der Waals surface area contributed by atoms with Crippen LogP contribution in [-0.2, 0) is 14.3 Å². The molecule has 3 aromatic rings. The van der Waals surface area contributed by atoms with Crippen molar-refractivity contribution in [2.75, 3.05) is 25.6 Å². The molecule has 30 heavy (non-hydrogen) atoms. The zero-order valence-electron chi connectivity index (χ0n) is 16.5. The van der Waals surface area contributed by atoms with Gasteiger partial charge in [-0.05, 0) is 25.1 Å². The fourth-order valence-electron chi connectivity index (χ4n) is 3.70. The number of carbonyl (C=O) groups excluding carboxylic acids is 1. The number of esters is 1. The summed E-state index contributed by atoms with van der Waals surface area (Å²) in [5.74, 6) is -0.0612. The Labute approximate surface area is 172 Å². The summed E-state index contributed by atoms with van der Waals surface area (Å²) < 4.78 is 12.1. The number of fused-ring (bicyclic) bond motifs is 3. The molecule has 154 valence electrons. The number of rotatable bonds is 6. The number of methoxy groups -OCH3 is 1. The number of carbonyl (C=O) groups is 1.